The molecule has 45 heavy (non-hydrogen) atoms. The second-order valence-corrected chi connectivity index (χ2v) is 11.6. The maximum atomic E-state index is 15.5. The number of nitrogens with zero attached hydrogens (tertiary/aromatic N) is 3. The third-order valence-electron chi connectivity index (χ3n) is 8.10. The summed E-state index contributed by atoms with van der Waals surface area (Å²) in [5.74, 6) is -2.06. The van der Waals surface area contributed by atoms with Crippen molar-refractivity contribution in [3.8, 4) is 22.3 Å². The topological polar surface area (TPSA) is 84.3 Å². The van der Waals surface area contributed by atoms with Gasteiger partial charge >= 0.3 is 0 Å². The molecule has 6 rings (SSSR count). The van der Waals surface area contributed by atoms with Crippen molar-refractivity contribution in [3.63, 3.8) is 0 Å². The van der Waals surface area contributed by atoms with Gasteiger partial charge in [-0.3, -0.25) is 19.4 Å². The molecule has 3 aromatic carbocycles. The Morgan fingerprint density at radius 2 is 1.76 bits per heavy atom. The molecule has 2 amide bonds. The Kier molecular flexibility index (Phi) is 8.20. The van der Waals surface area contributed by atoms with Crippen molar-refractivity contribution in [1.82, 2.24) is 14.5 Å². The smallest absolute Gasteiger partial charge is 0.247 e. The molecule has 1 aliphatic rings. The van der Waals surface area contributed by atoms with E-state index in [9.17, 15) is 18.8 Å². The van der Waals surface area contributed by atoms with Crippen LogP contribution in [0.25, 0.3) is 33.2 Å². The zero-order chi connectivity index (χ0) is 31.8. The van der Waals surface area contributed by atoms with Crippen molar-refractivity contribution in [2.75, 3.05) is 11.9 Å². The van der Waals surface area contributed by atoms with Gasteiger partial charge in [-0.25, -0.2) is 8.78 Å². The Morgan fingerprint density at radius 3 is 2.49 bits per heavy atom. The zero-order valence-corrected chi connectivity index (χ0v) is 25.3. The lowest BCUT2D eigenvalue weighted by molar-refractivity contribution is -0.137. The van der Waals surface area contributed by atoms with E-state index < -0.39 is 29.8 Å². The average molecular weight is 627 g/mol. The summed E-state index contributed by atoms with van der Waals surface area (Å²) >= 11 is 6.26. The Balaban J connectivity index is 1.25. The molecular formula is C35H29ClF2N4O3. The lowest BCUT2D eigenvalue weighted by Gasteiger charge is -2.24. The number of aryl methyl sites for hydroxylation is 1. The first kappa shape index (κ1) is 30.1. The summed E-state index contributed by atoms with van der Waals surface area (Å²) in [5, 5.41) is 3.57. The van der Waals surface area contributed by atoms with Gasteiger partial charge in [0.05, 0.1) is 12.2 Å². The first-order valence-electron chi connectivity index (χ1n) is 14.5. The number of rotatable bonds is 7. The zero-order valence-electron chi connectivity index (χ0n) is 24.6. The SMILES string of the molecule is CC(=O)c1cn(CC(=O)N2CC(F)CC2C(=O)Nc2cccc(-c3ccccc3Cl)c2F)c2ccc(-c3ccc(C)nc3)cc12. The second kappa shape index (κ2) is 12.2. The number of hydrogen-bond acceptors (Lipinski definition) is 4. The lowest BCUT2D eigenvalue weighted by atomic mass is 10.0. The minimum absolute atomic E-state index is 0.103. The van der Waals surface area contributed by atoms with E-state index in [-0.39, 0.29) is 36.5 Å². The van der Waals surface area contributed by atoms with Gasteiger partial charge in [0.15, 0.2) is 11.6 Å². The molecule has 0 radical (unpaired) electrons. The molecule has 2 unspecified atom stereocenters. The highest BCUT2D eigenvalue weighted by atomic mass is 35.5. The van der Waals surface area contributed by atoms with Crippen LogP contribution in [0.5, 0.6) is 0 Å². The number of amides is 2. The number of ketones is 1. The van der Waals surface area contributed by atoms with E-state index in [1.54, 1.807) is 53.4 Å². The van der Waals surface area contributed by atoms with E-state index in [4.69, 9.17) is 11.6 Å². The second-order valence-electron chi connectivity index (χ2n) is 11.2. The van der Waals surface area contributed by atoms with Gasteiger partial charge in [0, 0.05) is 62.7 Å². The number of hydrogen-bond donors (Lipinski definition) is 1. The van der Waals surface area contributed by atoms with E-state index in [0.29, 0.717) is 27.1 Å². The molecule has 5 aromatic rings. The normalized spacial score (nSPS) is 16.2. The van der Waals surface area contributed by atoms with Gasteiger partial charge in [0.2, 0.25) is 11.8 Å². The first-order chi connectivity index (χ1) is 21.6. The summed E-state index contributed by atoms with van der Waals surface area (Å²) < 4.78 is 31.9. The number of pyridine rings is 1. The molecule has 0 saturated carbocycles. The summed E-state index contributed by atoms with van der Waals surface area (Å²) in [7, 11) is 0. The Labute approximate surface area is 263 Å². The van der Waals surface area contributed by atoms with Crippen LogP contribution in [0.1, 0.15) is 29.4 Å². The van der Waals surface area contributed by atoms with Crippen LogP contribution in [0, 0.1) is 12.7 Å². The number of anilines is 1. The molecule has 1 saturated heterocycles. The highest BCUT2D eigenvalue weighted by Gasteiger charge is 2.40. The number of halogens is 3. The van der Waals surface area contributed by atoms with Gasteiger partial charge in [-0.2, -0.15) is 0 Å². The molecular weight excluding hydrogens is 598 g/mol. The number of carbonyl (C=O) groups excluding carboxylic acids is 3. The predicted octanol–water partition coefficient (Wildman–Crippen LogP) is 7.25. The molecule has 10 heteroatoms. The Hall–Kier alpha value is -4.89. The van der Waals surface area contributed by atoms with E-state index in [0.717, 1.165) is 16.8 Å². The summed E-state index contributed by atoms with van der Waals surface area (Å²) in [4.78, 5) is 45.1. The third-order valence-corrected chi connectivity index (χ3v) is 8.43. The minimum atomic E-state index is -1.43. The fourth-order valence-corrected chi connectivity index (χ4v) is 6.04. The Morgan fingerprint density at radius 1 is 1.00 bits per heavy atom. The van der Waals surface area contributed by atoms with Crippen LogP contribution in [0.15, 0.2) is 85.2 Å². The van der Waals surface area contributed by atoms with Crippen molar-refractivity contribution < 1.29 is 23.2 Å². The lowest BCUT2D eigenvalue weighted by Crippen LogP contribution is -2.44. The number of fused-ring (bicyclic) bond motifs is 1. The molecule has 0 bridgehead atoms. The molecule has 0 spiro atoms. The molecule has 1 fully saturated rings. The van der Waals surface area contributed by atoms with Crippen LogP contribution in [-0.4, -0.2) is 50.8 Å². The number of Topliss-reactive ketones (excluding diaryl/α,β-unsaturated/α-hetero) is 1. The van der Waals surface area contributed by atoms with E-state index in [1.807, 2.05) is 37.3 Å². The van der Waals surface area contributed by atoms with Crippen molar-refractivity contribution in [2.24, 2.45) is 0 Å². The maximum absolute atomic E-state index is 15.5. The van der Waals surface area contributed by atoms with Crippen LogP contribution >= 0.6 is 11.6 Å². The van der Waals surface area contributed by atoms with Gasteiger partial charge in [0.25, 0.3) is 0 Å². The van der Waals surface area contributed by atoms with E-state index in [1.165, 1.54) is 17.9 Å². The maximum Gasteiger partial charge on any atom is 0.247 e. The number of nitrogens with one attached hydrogen (secondary N) is 1. The monoisotopic (exact) mass is 626 g/mol. The van der Waals surface area contributed by atoms with Gasteiger partial charge < -0.3 is 14.8 Å². The molecule has 3 heterocycles. The molecule has 0 aliphatic carbocycles. The molecule has 228 valence electrons. The molecule has 1 N–H and O–H groups in total. The quantitative estimate of drug-likeness (QED) is 0.193. The molecule has 1 aliphatic heterocycles. The summed E-state index contributed by atoms with van der Waals surface area (Å²) in [5.41, 5.74) is 4.27. The van der Waals surface area contributed by atoms with Crippen molar-refractivity contribution in [2.45, 2.75) is 39.0 Å². The van der Waals surface area contributed by atoms with E-state index in [2.05, 4.69) is 10.3 Å². The number of benzene rings is 3. The van der Waals surface area contributed by atoms with Crippen molar-refractivity contribution in [1.29, 1.82) is 0 Å². The Bertz CT molecular complexity index is 1960. The fraction of sp³-hybridized carbons (Fsp3) is 0.200. The fourth-order valence-electron chi connectivity index (χ4n) is 5.80. The number of aromatic nitrogens is 2. The van der Waals surface area contributed by atoms with Crippen LogP contribution in [0.2, 0.25) is 5.02 Å². The van der Waals surface area contributed by atoms with Gasteiger partial charge in [0.1, 0.15) is 18.8 Å². The summed E-state index contributed by atoms with van der Waals surface area (Å²) in [6, 6.07) is 19.6. The number of carbonyl (C=O) groups is 3. The van der Waals surface area contributed by atoms with Gasteiger partial charge in [-0.15, -0.1) is 0 Å². The molecule has 2 atom stereocenters. The summed E-state index contributed by atoms with van der Waals surface area (Å²) in [6.45, 7) is 2.86. The summed E-state index contributed by atoms with van der Waals surface area (Å²) in [6.07, 6.45) is 1.72. The van der Waals surface area contributed by atoms with Crippen LogP contribution in [0.3, 0.4) is 0 Å². The van der Waals surface area contributed by atoms with Gasteiger partial charge in [-0.05, 0) is 49.7 Å². The first-order valence-corrected chi connectivity index (χ1v) is 14.8. The standard InChI is InChI=1S/C35H29ClF2N4O3/c1-20-10-11-23(16-39-20)22-12-13-31-27(14-22)28(21(2)43)18-41(31)19-33(44)42-17-24(37)15-32(42)35(45)40-30-9-5-7-26(34(30)38)25-6-3-4-8-29(25)36/h3-14,16,18,24,32H,15,17,19H2,1-2H3,(H,40,45). The molecule has 2 aromatic heterocycles. The van der Waals surface area contributed by atoms with Crippen molar-refractivity contribution in [3.05, 3.63) is 107 Å². The average Bonchev–Trinajstić information content (AvgIpc) is 3.59. The van der Waals surface area contributed by atoms with Gasteiger partial charge in [-0.1, -0.05) is 54.1 Å². The highest BCUT2D eigenvalue weighted by molar-refractivity contribution is 6.33. The van der Waals surface area contributed by atoms with E-state index >= 15 is 4.39 Å². The largest absolute Gasteiger partial charge is 0.337 e. The molecule has 7 nitrogen and oxygen atoms in total. The predicted molar refractivity (Wildman–Crippen MR) is 170 cm³/mol. The van der Waals surface area contributed by atoms with Crippen molar-refractivity contribution >= 4 is 45.8 Å². The number of likely N-dealkylation sites (tertiary alicyclic amines) is 1. The van der Waals surface area contributed by atoms with Crippen LogP contribution in [0.4, 0.5) is 14.5 Å². The van der Waals surface area contributed by atoms with Crippen LogP contribution in [-0.2, 0) is 16.1 Å². The highest BCUT2D eigenvalue weighted by Crippen LogP contribution is 2.34. The number of alkyl halides is 1. The third kappa shape index (κ3) is 5.95. The minimum Gasteiger partial charge on any atom is -0.337 e. The van der Waals surface area contributed by atoms with Crippen LogP contribution < -0.4 is 5.32 Å².